The van der Waals surface area contributed by atoms with Gasteiger partial charge in [-0.25, -0.2) is 13.6 Å². The molecule has 0 saturated carbocycles. The van der Waals surface area contributed by atoms with Crippen molar-refractivity contribution in [2.75, 3.05) is 20.0 Å². The lowest BCUT2D eigenvalue weighted by molar-refractivity contribution is -0.182. The summed E-state index contributed by atoms with van der Waals surface area (Å²) in [6.45, 7) is -0.829. The Morgan fingerprint density at radius 2 is 1.93 bits per heavy atom. The van der Waals surface area contributed by atoms with E-state index in [-0.39, 0.29) is 6.61 Å². The van der Waals surface area contributed by atoms with Crippen molar-refractivity contribution in [3.05, 3.63) is 0 Å². The first-order chi connectivity index (χ1) is 6.90. The fourth-order valence-electron chi connectivity index (χ4n) is 0.490. The summed E-state index contributed by atoms with van der Waals surface area (Å²) in [4.78, 5) is 10.4. The van der Waals surface area contributed by atoms with Crippen LogP contribution in [0.25, 0.3) is 0 Å². The minimum absolute atomic E-state index is 0.0476. The van der Waals surface area contributed by atoms with Crippen molar-refractivity contribution in [1.29, 1.82) is 0 Å². The van der Waals surface area contributed by atoms with Crippen LogP contribution in [0.4, 0.5) is 22.4 Å². The van der Waals surface area contributed by atoms with Crippen molar-refractivity contribution >= 4 is 6.16 Å². The molecule has 0 aliphatic carbocycles. The van der Waals surface area contributed by atoms with Crippen LogP contribution in [-0.2, 0) is 14.2 Å². The normalized spacial score (nSPS) is 11.6. The summed E-state index contributed by atoms with van der Waals surface area (Å²) in [5.74, 6) is -4.25. The Bertz CT molecular complexity index is 197. The average molecular weight is 234 g/mol. The van der Waals surface area contributed by atoms with E-state index in [0.29, 0.717) is 0 Å². The second-order valence-corrected chi connectivity index (χ2v) is 2.36. The molecule has 8 heteroatoms. The Morgan fingerprint density at radius 3 is 2.40 bits per heavy atom. The third-order valence-electron chi connectivity index (χ3n) is 1.14. The molecule has 0 unspecified atom stereocenters. The molecule has 0 saturated heterocycles. The van der Waals surface area contributed by atoms with E-state index in [0.717, 1.165) is 0 Å². The van der Waals surface area contributed by atoms with Gasteiger partial charge in [-0.15, -0.1) is 0 Å². The summed E-state index contributed by atoms with van der Waals surface area (Å²) in [6.07, 6.45) is -4.93. The molecule has 4 nitrogen and oxygen atoms in total. The van der Waals surface area contributed by atoms with Gasteiger partial charge in [0.05, 0.1) is 6.61 Å². The molecule has 0 bridgehead atoms. The molecule has 0 atom stereocenters. The molecule has 0 spiro atoms. The molecule has 0 aromatic heterocycles. The minimum Gasteiger partial charge on any atom is -0.435 e. The second-order valence-electron chi connectivity index (χ2n) is 2.36. The maximum atomic E-state index is 12.2. The molecule has 0 aromatic carbocycles. The van der Waals surface area contributed by atoms with E-state index in [4.69, 9.17) is 0 Å². The SMILES string of the molecule is CCOC(=O)OCOCC(F)(F)C(F)F. The van der Waals surface area contributed by atoms with Crippen molar-refractivity contribution < 1.29 is 36.6 Å². The van der Waals surface area contributed by atoms with Gasteiger partial charge in [-0.1, -0.05) is 0 Å². The van der Waals surface area contributed by atoms with Crippen molar-refractivity contribution in [2.45, 2.75) is 19.3 Å². The number of carbonyl (C=O) groups is 1. The fourth-order valence-corrected chi connectivity index (χ4v) is 0.490. The van der Waals surface area contributed by atoms with Gasteiger partial charge in [0.1, 0.15) is 6.61 Å². The first-order valence-corrected chi connectivity index (χ1v) is 3.93. The number of ether oxygens (including phenoxy) is 3. The number of rotatable bonds is 6. The van der Waals surface area contributed by atoms with E-state index in [1.54, 1.807) is 0 Å². The van der Waals surface area contributed by atoms with Gasteiger partial charge in [0.25, 0.3) is 0 Å². The van der Waals surface area contributed by atoms with Gasteiger partial charge in [-0.05, 0) is 6.92 Å². The Kier molecular flexibility index (Phi) is 5.99. The highest BCUT2D eigenvalue weighted by Crippen LogP contribution is 2.22. The third-order valence-corrected chi connectivity index (χ3v) is 1.14. The van der Waals surface area contributed by atoms with Crippen LogP contribution in [0.3, 0.4) is 0 Å². The van der Waals surface area contributed by atoms with Gasteiger partial charge >= 0.3 is 18.5 Å². The molecule has 15 heavy (non-hydrogen) atoms. The van der Waals surface area contributed by atoms with Gasteiger partial charge in [0, 0.05) is 0 Å². The Labute approximate surface area is 83.1 Å². The van der Waals surface area contributed by atoms with Gasteiger partial charge in [0.15, 0.2) is 6.79 Å². The van der Waals surface area contributed by atoms with E-state index >= 15 is 0 Å². The Balaban J connectivity index is 3.58. The van der Waals surface area contributed by atoms with Crippen LogP contribution >= 0.6 is 0 Å². The van der Waals surface area contributed by atoms with Gasteiger partial charge < -0.3 is 14.2 Å². The zero-order valence-corrected chi connectivity index (χ0v) is 7.84. The molecule has 0 fully saturated rings. The van der Waals surface area contributed by atoms with Crippen LogP contribution in [-0.4, -0.2) is 38.5 Å². The van der Waals surface area contributed by atoms with E-state index in [1.165, 1.54) is 6.92 Å². The molecule has 0 radical (unpaired) electrons. The van der Waals surface area contributed by atoms with Crippen molar-refractivity contribution in [1.82, 2.24) is 0 Å². The first kappa shape index (κ1) is 13.9. The third kappa shape index (κ3) is 6.10. The van der Waals surface area contributed by atoms with Crippen LogP contribution in [0.2, 0.25) is 0 Å². The van der Waals surface area contributed by atoms with E-state index < -0.39 is 31.9 Å². The molecule has 0 heterocycles. The van der Waals surface area contributed by atoms with Crippen LogP contribution in [0.15, 0.2) is 0 Å². The maximum Gasteiger partial charge on any atom is 0.510 e. The minimum atomic E-state index is -4.25. The number of hydrogen-bond donors (Lipinski definition) is 0. The lowest BCUT2D eigenvalue weighted by Gasteiger charge is -2.14. The van der Waals surface area contributed by atoms with Crippen LogP contribution in [0.1, 0.15) is 6.92 Å². The molecule has 90 valence electrons. The molecule has 0 aromatic rings. The fraction of sp³-hybridized carbons (Fsp3) is 0.857. The highest BCUT2D eigenvalue weighted by Gasteiger charge is 2.41. The largest absolute Gasteiger partial charge is 0.510 e. The summed E-state index contributed by atoms with van der Waals surface area (Å²) in [7, 11) is 0. The maximum absolute atomic E-state index is 12.2. The van der Waals surface area contributed by atoms with Crippen molar-refractivity contribution in [3.63, 3.8) is 0 Å². The Morgan fingerprint density at radius 1 is 1.33 bits per heavy atom. The monoisotopic (exact) mass is 234 g/mol. The van der Waals surface area contributed by atoms with E-state index in [1.807, 2.05) is 0 Å². The van der Waals surface area contributed by atoms with Gasteiger partial charge in [-0.2, -0.15) is 8.78 Å². The summed E-state index contributed by atoms with van der Waals surface area (Å²) in [5, 5.41) is 0. The van der Waals surface area contributed by atoms with E-state index in [9.17, 15) is 22.4 Å². The zero-order chi connectivity index (χ0) is 11.9. The summed E-state index contributed by atoms with van der Waals surface area (Å²) < 4.78 is 59.8. The van der Waals surface area contributed by atoms with Gasteiger partial charge in [-0.3, -0.25) is 0 Å². The van der Waals surface area contributed by atoms with Crippen LogP contribution < -0.4 is 0 Å². The molecule has 0 N–H and O–H groups in total. The predicted molar refractivity (Wildman–Crippen MR) is 39.9 cm³/mol. The lowest BCUT2D eigenvalue weighted by Crippen LogP contribution is -2.32. The van der Waals surface area contributed by atoms with Crippen molar-refractivity contribution in [3.8, 4) is 0 Å². The van der Waals surface area contributed by atoms with Crippen LogP contribution in [0.5, 0.6) is 0 Å². The number of hydrogen-bond acceptors (Lipinski definition) is 4. The smallest absolute Gasteiger partial charge is 0.435 e. The van der Waals surface area contributed by atoms with Gasteiger partial charge in [0.2, 0.25) is 0 Å². The molecular formula is C7H10F4O4. The first-order valence-electron chi connectivity index (χ1n) is 3.93. The molecule has 0 amide bonds. The highest BCUT2D eigenvalue weighted by atomic mass is 19.3. The average Bonchev–Trinajstić information content (AvgIpc) is 2.13. The summed E-state index contributed by atoms with van der Waals surface area (Å²) >= 11 is 0. The molecule has 0 aliphatic heterocycles. The predicted octanol–water partition coefficient (Wildman–Crippen LogP) is 2.03. The quantitative estimate of drug-likeness (QED) is 0.305. The highest BCUT2D eigenvalue weighted by molar-refractivity contribution is 5.59. The number of carbonyl (C=O) groups excluding carboxylic acids is 1. The lowest BCUT2D eigenvalue weighted by atomic mass is 10.4. The van der Waals surface area contributed by atoms with Crippen molar-refractivity contribution in [2.24, 2.45) is 0 Å². The Hall–Kier alpha value is -1.05. The topological polar surface area (TPSA) is 44.8 Å². The summed E-state index contributed by atoms with van der Waals surface area (Å²) in [6, 6.07) is 0. The number of halogens is 4. The molecule has 0 aliphatic rings. The van der Waals surface area contributed by atoms with Crippen LogP contribution in [0, 0.1) is 0 Å². The standard InChI is InChI=1S/C7H10F4O4/c1-2-14-6(12)15-4-13-3-7(10,11)5(8)9/h5H,2-4H2,1H3. The van der Waals surface area contributed by atoms with E-state index in [2.05, 4.69) is 14.2 Å². The number of alkyl halides is 4. The summed E-state index contributed by atoms with van der Waals surface area (Å²) in [5.41, 5.74) is 0. The molecular weight excluding hydrogens is 224 g/mol. The molecule has 0 rings (SSSR count). The second kappa shape index (κ2) is 6.44. The zero-order valence-electron chi connectivity index (χ0n) is 7.84.